The highest BCUT2D eigenvalue weighted by Crippen LogP contribution is 2.63. The van der Waals surface area contributed by atoms with E-state index in [1.165, 1.54) is 18.6 Å². The van der Waals surface area contributed by atoms with E-state index >= 15 is 0 Å². The molecule has 2 bridgehead atoms. The molecule has 4 rings (SSSR count). The van der Waals surface area contributed by atoms with Crippen LogP contribution < -0.4 is 5.43 Å². The van der Waals surface area contributed by atoms with Gasteiger partial charge < -0.3 is 0 Å². The fourth-order valence-corrected chi connectivity index (χ4v) is 5.22. The first-order chi connectivity index (χ1) is 11.4. The van der Waals surface area contributed by atoms with Gasteiger partial charge >= 0.3 is 0 Å². The lowest BCUT2D eigenvalue weighted by Crippen LogP contribution is -2.32. The van der Waals surface area contributed by atoms with E-state index in [0.717, 1.165) is 33.2 Å². The number of anilines is 1. The molecule has 0 saturated heterocycles. The first-order valence-corrected chi connectivity index (χ1v) is 10.1. The van der Waals surface area contributed by atoms with Crippen LogP contribution in [0.15, 0.2) is 39.2 Å². The number of thiazole rings is 1. The zero-order valence-corrected chi connectivity index (χ0v) is 16.7. The summed E-state index contributed by atoms with van der Waals surface area (Å²) < 4.78 is 1.08. The lowest BCUT2D eigenvalue weighted by molar-refractivity contribution is 0.194. The van der Waals surface area contributed by atoms with Crippen molar-refractivity contribution in [1.82, 2.24) is 4.98 Å². The van der Waals surface area contributed by atoms with Gasteiger partial charge in [-0.25, -0.2) is 4.98 Å². The minimum absolute atomic E-state index is 0.233. The molecule has 24 heavy (non-hydrogen) atoms. The van der Waals surface area contributed by atoms with Gasteiger partial charge in [0.25, 0.3) is 0 Å². The predicted octanol–water partition coefficient (Wildman–Crippen LogP) is 6.19. The summed E-state index contributed by atoms with van der Waals surface area (Å²) in [7, 11) is 0. The van der Waals surface area contributed by atoms with Gasteiger partial charge in [-0.3, -0.25) is 5.43 Å². The minimum atomic E-state index is 0.233. The van der Waals surface area contributed by atoms with Crippen LogP contribution in [0.25, 0.3) is 11.3 Å². The van der Waals surface area contributed by atoms with Gasteiger partial charge in [-0.2, -0.15) is 5.10 Å². The number of rotatable bonds is 3. The first kappa shape index (κ1) is 16.3. The predicted molar refractivity (Wildman–Crippen MR) is 106 cm³/mol. The van der Waals surface area contributed by atoms with Crippen LogP contribution in [0.3, 0.4) is 0 Å². The molecule has 1 aromatic heterocycles. The topological polar surface area (TPSA) is 37.3 Å². The van der Waals surface area contributed by atoms with Gasteiger partial charge in [0.1, 0.15) is 0 Å². The Hall–Kier alpha value is -1.20. The molecule has 2 fully saturated rings. The van der Waals surface area contributed by atoms with Gasteiger partial charge in [-0.05, 0) is 42.7 Å². The molecule has 0 spiro atoms. The molecule has 2 atom stereocenters. The molecule has 3 nitrogen and oxygen atoms in total. The third-order valence-corrected chi connectivity index (χ3v) is 7.72. The molecular formula is C19H22BrN3S. The molecule has 2 aliphatic carbocycles. The maximum absolute atomic E-state index is 4.77. The third kappa shape index (κ3) is 2.44. The van der Waals surface area contributed by atoms with E-state index < -0.39 is 0 Å². The van der Waals surface area contributed by atoms with Crippen molar-refractivity contribution >= 4 is 38.1 Å². The molecule has 126 valence electrons. The summed E-state index contributed by atoms with van der Waals surface area (Å²) in [5.74, 6) is 0.776. The van der Waals surface area contributed by atoms with Crippen molar-refractivity contribution in [1.29, 1.82) is 0 Å². The monoisotopic (exact) mass is 403 g/mol. The van der Waals surface area contributed by atoms with E-state index in [1.807, 2.05) is 12.1 Å². The molecule has 1 N–H and O–H groups in total. The average Bonchev–Trinajstić information content (AvgIpc) is 3.16. The second kappa shape index (κ2) is 5.67. The third-order valence-electron chi connectivity index (χ3n) is 6.44. The summed E-state index contributed by atoms with van der Waals surface area (Å²) >= 11 is 5.08. The number of hydrogen-bond acceptors (Lipinski definition) is 4. The number of nitrogens with one attached hydrogen (secondary N) is 1. The van der Waals surface area contributed by atoms with Gasteiger partial charge in [-0.1, -0.05) is 48.8 Å². The maximum Gasteiger partial charge on any atom is 0.203 e. The minimum Gasteiger partial charge on any atom is -0.253 e. The zero-order chi connectivity index (χ0) is 16.9. The van der Waals surface area contributed by atoms with Gasteiger partial charge in [0.15, 0.2) is 0 Å². The van der Waals surface area contributed by atoms with Crippen LogP contribution in [-0.4, -0.2) is 10.7 Å². The Morgan fingerprint density at radius 3 is 2.62 bits per heavy atom. The molecule has 0 aliphatic heterocycles. The number of halogens is 1. The Kier molecular flexibility index (Phi) is 3.84. The highest BCUT2D eigenvalue weighted by molar-refractivity contribution is 9.10. The summed E-state index contributed by atoms with van der Waals surface area (Å²) in [5, 5.41) is 7.72. The number of nitrogens with zero attached hydrogens (tertiary/aromatic N) is 2. The molecule has 2 aromatic rings. The molecule has 0 amide bonds. The van der Waals surface area contributed by atoms with Crippen LogP contribution in [0.1, 0.15) is 40.0 Å². The fourth-order valence-electron chi connectivity index (χ4n) is 4.29. The van der Waals surface area contributed by atoms with Crippen LogP contribution >= 0.6 is 27.3 Å². The standard InChI is InChI=1S/C19H22BrN3S/c1-18(2)13-8-9-19(18,3)16(10-13)22-23-17-21-15(11-24-17)12-4-6-14(20)7-5-12/h4-7,11,13H,8-10H2,1-3H3,(H,21,23)/b22-16-/t13-,19-/m0/s1. The van der Waals surface area contributed by atoms with Crippen molar-refractivity contribution in [3.05, 3.63) is 34.1 Å². The maximum atomic E-state index is 4.77. The number of hydrogen-bond donors (Lipinski definition) is 1. The van der Waals surface area contributed by atoms with E-state index in [0.29, 0.717) is 5.41 Å². The summed E-state index contributed by atoms with van der Waals surface area (Å²) in [4.78, 5) is 4.68. The van der Waals surface area contributed by atoms with Crippen molar-refractivity contribution in [2.45, 2.75) is 40.0 Å². The van der Waals surface area contributed by atoms with Crippen LogP contribution in [0.5, 0.6) is 0 Å². The van der Waals surface area contributed by atoms with Crippen LogP contribution in [-0.2, 0) is 0 Å². The van der Waals surface area contributed by atoms with Crippen molar-refractivity contribution < 1.29 is 0 Å². The molecule has 5 heteroatoms. The summed E-state index contributed by atoms with van der Waals surface area (Å²) in [6.07, 6.45) is 3.72. The SMILES string of the molecule is CC1(C)[C@H]2CC[C@@]1(C)/C(=N\Nc1nc(-c3ccc(Br)cc3)cs1)C2. The van der Waals surface area contributed by atoms with Crippen LogP contribution in [0.4, 0.5) is 5.13 Å². The largest absolute Gasteiger partial charge is 0.253 e. The lowest BCUT2D eigenvalue weighted by atomic mass is 9.70. The van der Waals surface area contributed by atoms with Crippen molar-refractivity contribution in [2.75, 3.05) is 5.43 Å². The quantitative estimate of drug-likeness (QED) is 0.620. The molecule has 0 radical (unpaired) electrons. The second-order valence-electron chi connectivity index (χ2n) is 7.71. The average molecular weight is 404 g/mol. The zero-order valence-electron chi connectivity index (χ0n) is 14.3. The van der Waals surface area contributed by atoms with E-state index in [-0.39, 0.29) is 5.41 Å². The molecule has 2 saturated carbocycles. The number of aromatic nitrogens is 1. The summed E-state index contributed by atoms with van der Waals surface area (Å²) in [6.45, 7) is 7.19. The van der Waals surface area contributed by atoms with E-state index in [1.54, 1.807) is 11.3 Å². The Balaban J connectivity index is 1.52. The molecule has 0 unspecified atom stereocenters. The Labute approximate surface area is 155 Å². The van der Waals surface area contributed by atoms with Crippen LogP contribution in [0.2, 0.25) is 0 Å². The van der Waals surface area contributed by atoms with E-state index in [2.05, 4.69) is 64.6 Å². The van der Waals surface area contributed by atoms with Crippen molar-refractivity contribution in [3.63, 3.8) is 0 Å². The Morgan fingerprint density at radius 2 is 2.00 bits per heavy atom. The first-order valence-electron chi connectivity index (χ1n) is 8.45. The van der Waals surface area contributed by atoms with E-state index in [4.69, 9.17) is 5.10 Å². The van der Waals surface area contributed by atoms with Gasteiger partial charge in [0.2, 0.25) is 5.13 Å². The number of benzene rings is 1. The highest BCUT2D eigenvalue weighted by atomic mass is 79.9. The van der Waals surface area contributed by atoms with Gasteiger partial charge in [0.05, 0.1) is 5.69 Å². The van der Waals surface area contributed by atoms with Crippen molar-refractivity contribution in [3.8, 4) is 11.3 Å². The van der Waals surface area contributed by atoms with Gasteiger partial charge in [-0.15, -0.1) is 11.3 Å². The lowest BCUT2D eigenvalue weighted by Gasteiger charge is -2.34. The van der Waals surface area contributed by atoms with E-state index in [9.17, 15) is 0 Å². The molecule has 1 aromatic carbocycles. The summed E-state index contributed by atoms with van der Waals surface area (Å²) in [6, 6.07) is 8.24. The second-order valence-corrected chi connectivity index (χ2v) is 9.48. The van der Waals surface area contributed by atoms with Gasteiger partial charge in [0, 0.05) is 26.5 Å². The molecule has 2 aliphatic rings. The fraction of sp³-hybridized carbons (Fsp3) is 0.474. The highest BCUT2D eigenvalue weighted by Gasteiger charge is 2.59. The number of hydrazone groups is 1. The molecular weight excluding hydrogens is 382 g/mol. The Morgan fingerprint density at radius 1 is 1.25 bits per heavy atom. The van der Waals surface area contributed by atoms with Crippen LogP contribution in [0, 0.1) is 16.7 Å². The smallest absolute Gasteiger partial charge is 0.203 e. The Bertz CT molecular complexity index is 793. The van der Waals surface area contributed by atoms with Crippen molar-refractivity contribution in [2.24, 2.45) is 21.8 Å². The summed E-state index contributed by atoms with van der Waals surface area (Å²) in [5.41, 5.74) is 7.26. The molecule has 1 heterocycles. The normalized spacial score (nSPS) is 29.3. The number of fused-ring (bicyclic) bond motifs is 2.